The molecule has 18 heavy (non-hydrogen) atoms. The van der Waals surface area contributed by atoms with Crippen LogP contribution in [0.4, 0.5) is 4.39 Å². The highest BCUT2D eigenvalue weighted by Crippen LogP contribution is 2.46. The van der Waals surface area contributed by atoms with Crippen molar-refractivity contribution in [2.75, 3.05) is 19.8 Å². The molecule has 1 heterocycles. The third-order valence-electron chi connectivity index (χ3n) is 4.26. The lowest BCUT2D eigenvalue weighted by Gasteiger charge is -2.47. The molecule has 1 aliphatic rings. The van der Waals surface area contributed by atoms with Gasteiger partial charge >= 0.3 is 0 Å². The third-order valence-corrected chi connectivity index (χ3v) is 4.26. The molecule has 0 saturated carbocycles. The minimum absolute atomic E-state index is 0.341. The Labute approximate surface area is 107 Å². The molecule has 4 heteroatoms. The first kappa shape index (κ1) is 13.5. The van der Waals surface area contributed by atoms with Gasteiger partial charge in [0, 0.05) is 25.2 Å². The highest BCUT2D eigenvalue weighted by atomic mass is 19.1. The van der Waals surface area contributed by atoms with Crippen LogP contribution in [0, 0.1) is 11.2 Å². The maximum absolute atomic E-state index is 13.3. The van der Waals surface area contributed by atoms with Gasteiger partial charge in [0.2, 0.25) is 0 Å². The Morgan fingerprint density at radius 1 is 1.44 bits per heavy atom. The van der Waals surface area contributed by atoms with Gasteiger partial charge in [0.25, 0.3) is 0 Å². The van der Waals surface area contributed by atoms with Crippen LogP contribution in [-0.2, 0) is 10.3 Å². The molecule has 1 fully saturated rings. The van der Waals surface area contributed by atoms with E-state index >= 15 is 0 Å². The molecule has 1 atom stereocenters. The van der Waals surface area contributed by atoms with Gasteiger partial charge in [-0.15, -0.1) is 0 Å². The minimum atomic E-state index is -1.15. The van der Waals surface area contributed by atoms with Gasteiger partial charge in [-0.25, -0.2) is 4.39 Å². The number of benzene rings is 1. The number of hydrogen-bond donors (Lipinski definition) is 2. The molecule has 1 aliphatic heterocycles. The Bertz CT molecular complexity index is 414. The van der Waals surface area contributed by atoms with Crippen LogP contribution in [0.25, 0.3) is 0 Å². The first-order valence-corrected chi connectivity index (χ1v) is 6.28. The molecule has 1 unspecified atom stereocenters. The van der Waals surface area contributed by atoms with E-state index in [2.05, 4.69) is 0 Å². The average Bonchev–Trinajstić information content (AvgIpc) is 2.39. The van der Waals surface area contributed by atoms with Crippen LogP contribution in [0.3, 0.4) is 0 Å². The number of aliphatic hydroxyl groups is 1. The lowest BCUT2D eigenvalue weighted by atomic mass is 9.65. The van der Waals surface area contributed by atoms with Crippen molar-refractivity contribution >= 4 is 0 Å². The molecule has 0 spiro atoms. The summed E-state index contributed by atoms with van der Waals surface area (Å²) in [6.45, 7) is 3.26. The van der Waals surface area contributed by atoms with E-state index < -0.39 is 11.0 Å². The van der Waals surface area contributed by atoms with Crippen molar-refractivity contribution in [1.82, 2.24) is 0 Å². The molecule has 0 bridgehead atoms. The molecule has 100 valence electrons. The molecular weight excluding hydrogens is 233 g/mol. The largest absolute Gasteiger partial charge is 0.385 e. The summed E-state index contributed by atoms with van der Waals surface area (Å²) in [6, 6.07) is 6.12. The van der Waals surface area contributed by atoms with Crippen LogP contribution >= 0.6 is 0 Å². The maximum atomic E-state index is 13.3. The predicted molar refractivity (Wildman–Crippen MR) is 67.5 cm³/mol. The number of rotatable bonds is 3. The summed E-state index contributed by atoms with van der Waals surface area (Å²) < 4.78 is 18.7. The maximum Gasteiger partial charge on any atom is 0.123 e. The van der Waals surface area contributed by atoms with Gasteiger partial charge in [-0.1, -0.05) is 12.1 Å². The summed E-state index contributed by atoms with van der Waals surface area (Å²) in [5, 5.41) is 10.9. The zero-order valence-corrected chi connectivity index (χ0v) is 10.7. The van der Waals surface area contributed by atoms with Crippen LogP contribution in [0.5, 0.6) is 0 Å². The second kappa shape index (κ2) is 4.96. The Morgan fingerprint density at radius 3 is 2.67 bits per heavy atom. The smallest absolute Gasteiger partial charge is 0.123 e. The fourth-order valence-corrected chi connectivity index (χ4v) is 2.75. The van der Waals surface area contributed by atoms with Crippen LogP contribution < -0.4 is 5.73 Å². The fourth-order valence-electron chi connectivity index (χ4n) is 2.75. The minimum Gasteiger partial charge on any atom is -0.385 e. The highest BCUT2D eigenvalue weighted by Gasteiger charge is 2.48. The van der Waals surface area contributed by atoms with Gasteiger partial charge in [0.15, 0.2) is 0 Å². The van der Waals surface area contributed by atoms with E-state index in [1.807, 2.05) is 0 Å². The molecule has 1 saturated heterocycles. The monoisotopic (exact) mass is 253 g/mol. The Balaban J connectivity index is 2.38. The van der Waals surface area contributed by atoms with Crippen molar-refractivity contribution < 1.29 is 14.2 Å². The molecule has 1 aromatic carbocycles. The summed E-state index contributed by atoms with van der Waals surface area (Å²) in [5.74, 6) is -0.341. The zero-order chi connectivity index (χ0) is 13.2. The highest BCUT2D eigenvalue weighted by molar-refractivity contribution is 5.26. The van der Waals surface area contributed by atoms with Crippen molar-refractivity contribution in [1.29, 1.82) is 0 Å². The molecule has 2 rings (SSSR count). The summed E-state index contributed by atoms with van der Waals surface area (Å²) in [6.07, 6.45) is 1.38. The molecule has 0 aromatic heterocycles. The number of ether oxygens (including phenoxy) is 1. The zero-order valence-electron chi connectivity index (χ0n) is 10.7. The van der Waals surface area contributed by atoms with Gasteiger partial charge in [0.1, 0.15) is 5.82 Å². The first-order valence-electron chi connectivity index (χ1n) is 6.28. The average molecular weight is 253 g/mol. The van der Waals surface area contributed by atoms with E-state index in [0.717, 1.165) is 0 Å². The van der Waals surface area contributed by atoms with Crippen LogP contribution in [0.1, 0.15) is 25.3 Å². The van der Waals surface area contributed by atoms with E-state index in [1.54, 1.807) is 19.1 Å². The van der Waals surface area contributed by atoms with E-state index in [1.165, 1.54) is 12.1 Å². The van der Waals surface area contributed by atoms with E-state index in [0.29, 0.717) is 38.2 Å². The molecule has 3 N–H and O–H groups in total. The van der Waals surface area contributed by atoms with Crippen molar-refractivity contribution in [2.45, 2.75) is 25.4 Å². The van der Waals surface area contributed by atoms with Gasteiger partial charge in [0.05, 0.1) is 5.60 Å². The SMILES string of the molecule is CC(O)(c1cccc(F)c1)C1(CN)CCOCC1. The third kappa shape index (κ3) is 2.16. The molecule has 1 aromatic rings. The molecule has 3 nitrogen and oxygen atoms in total. The van der Waals surface area contributed by atoms with Crippen molar-refractivity contribution in [3.05, 3.63) is 35.6 Å². The van der Waals surface area contributed by atoms with Gasteiger partial charge in [-0.2, -0.15) is 0 Å². The number of hydrogen-bond acceptors (Lipinski definition) is 3. The lowest BCUT2D eigenvalue weighted by molar-refractivity contribution is -0.124. The van der Waals surface area contributed by atoms with E-state index in [4.69, 9.17) is 10.5 Å². The van der Waals surface area contributed by atoms with Crippen LogP contribution in [-0.4, -0.2) is 24.9 Å². The quantitative estimate of drug-likeness (QED) is 0.863. The molecule has 0 radical (unpaired) electrons. The van der Waals surface area contributed by atoms with E-state index in [-0.39, 0.29) is 5.82 Å². The topological polar surface area (TPSA) is 55.5 Å². The van der Waals surface area contributed by atoms with Crippen molar-refractivity contribution in [3.8, 4) is 0 Å². The first-order chi connectivity index (χ1) is 8.52. The van der Waals surface area contributed by atoms with Crippen LogP contribution in [0.2, 0.25) is 0 Å². The predicted octanol–water partition coefficient (Wildman–Crippen LogP) is 1.79. The number of nitrogens with two attached hydrogens (primary N) is 1. The standard InChI is InChI=1S/C14H20FNO2/c1-13(17,11-3-2-4-12(15)9-11)14(10-16)5-7-18-8-6-14/h2-4,9,17H,5-8,10,16H2,1H3. The van der Waals surface area contributed by atoms with Gasteiger partial charge < -0.3 is 15.6 Å². The molecular formula is C14H20FNO2. The van der Waals surface area contributed by atoms with Gasteiger partial charge in [-0.3, -0.25) is 0 Å². The molecule has 0 aliphatic carbocycles. The van der Waals surface area contributed by atoms with Crippen molar-refractivity contribution in [2.24, 2.45) is 11.1 Å². The second-order valence-electron chi connectivity index (χ2n) is 5.18. The molecule has 0 amide bonds. The van der Waals surface area contributed by atoms with Crippen molar-refractivity contribution in [3.63, 3.8) is 0 Å². The van der Waals surface area contributed by atoms with Crippen LogP contribution in [0.15, 0.2) is 24.3 Å². The second-order valence-corrected chi connectivity index (χ2v) is 5.18. The van der Waals surface area contributed by atoms with Gasteiger partial charge in [-0.05, 0) is 37.5 Å². The summed E-state index contributed by atoms with van der Waals surface area (Å²) in [7, 11) is 0. The Morgan fingerprint density at radius 2 is 2.11 bits per heavy atom. The summed E-state index contributed by atoms with van der Waals surface area (Å²) >= 11 is 0. The number of halogens is 1. The normalized spacial score (nSPS) is 22.4. The Hall–Kier alpha value is -0.970. The Kier molecular flexibility index (Phi) is 3.71. The summed E-state index contributed by atoms with van der Waals surface area (Å²) in [4.78, 5) is 0. The fraction of sp³-hybridized carbons (Fsp3) is 0.571. The lowest BCUT2D eigenvalue weighted by Crippen LogP contribution is -2.51. The summed E-state index contributed by atoms with van der Waals surface area (Å²) in [5.41, 5.74) is 4.88. The van der Waals surface area contributed by atoms with E-state index in [9.17, 15) is 9.50 Å².